The Morgan fingerprint density at radius 3 is 2.84 bits per heavy atom. The highest BCUT2D eigenvalue weighted by Gasteiger charge is 2.30. The van der Waals surface area contributed by atoms with Crippen molar-refractivity contribution >= 4 is 17.5 Å². The third-order valence-electron chi connectivity index (χ3n) is 3.43. The fourth-order valence-electron chi connectivity index (χ4n) is 2.35. The lowest BCUT2D eigenvalue weighted by Crippen LogP contribution is -2.27. The summed E-state index contributed by atoms with van der Waals surface area (Å²) in [6.07, 6.45) is 5.76. The highest BCUT2D eigenvalue weighted by atomic mass is 16.2. The number of benzene rings is 1. The van der Waals surface area contributed by atoms with Crippen LogP contribution in [0.1, 0.15) is 22.3 Å². The smallest absolute Gasteiger partial charge is 0.251 e. The maximum absolute atomic E-state index is 12.0. The number of hydrogen-bond acceptors (Lipinski definition) is 2. The monoisotopic (exact) mass is 256 g/mol. The summed E-state index contributed by atoms with van der Waals surface area (Å²) in [6, 6.07) is 5.37. The summed E-state index contributed by atoms with van der Waals surface area (Å²) >= 11 is 0. The van der Waals surface area contributed by atoms with Crippen molar-refractivity contribution in [2.24, 2.45) is 5.92 Å². The molecular weight excluding hydrogens is 240 g/mol. The Morgan fingerprint density at radius 2 is 2.26 bits per heavy atom. The van der Waals surface area contributed by atoms with Gasteiger partial charge in [0.25, 0.3) is 5.91 Å². The number of carbonyl (C=O) groups is 2. The van der Waals surface area contributed by atoms with Crippen LogP contribution < -0.4 is 10.2 Å². The number of nitrogens with one attached hydrogen (secondary N) is 1. The van der Waals surface area contributed by atoms with E-state index in [1.807, 2.05) is 13.0 Å². The van der Waals surface area contributed by atoms with Crippen LogP contribution in [0.4, 0.5) is 5.69 Å². The van der Waals surface area contributed by atoms with Crippen molar-refractivity contribution in [3.63, 3.8) is 0 Å². The number of hydrogen-bond donors (Lipinski definition) is 1. The minimum Gasteiger partial charge on any atom is -0.355 e. The summed E-state index contributed by atoms with van der Waals surface area (Å²) in [4.78, 5) is 25.4. The lowest BCUT2D eigenvalue weighted by atomic mass is 10.1. The minimum absolute atomic E-state index is 0.0140. The second-order valence-electron chi connectivity index (χ2n) is 4.60. The predicted octanol–water partition coefficient (Wildman–Crippen LogP) is 1.34. The summed E-state index contributed by atoms with van der Waals surface area (Å²) in [5.41, 5.74) is 2.15. The molecular formula is C15H16N2O2. The van der Waals surface area contributed by atoms with Crippen LogP contribution in [0.3, 0.4) is 0 Å². The zero-order chi connectivity index (χ0) is 14.0. The van der Waals surface area contributed by atoms with E-state index < -0.39 is 0 Å². The fourth-order valence-corrected chi connectivity index (χ4v) is 2.35. The Morgan fingerprint density at radius 1 is 1.53 bits per heavy atom. The third kappa shape index (κ3) is 2.32. The van der Waals surface area contributed by atoms with Crippen LogP contribution in [-0.4, -0.2) is 25.4 Å². The van der Waals surface area contributed by atoms with Crippen LogP contribution in [0.15, 0.2) is 18.2 Å². The molecule has 0 bridgehead atoms. The second kappa shape index (κ2) is 5.15. The number of rotatable bonds is 2. The first-order valence-electron chi connectivity index (χ1n) is 6.16. The van der Waals surface area contributed by atoms with Gasteiger partial charge in [0.05, 0.1) is 0 Å². The van der Waals surface area contributed by atoms with Gasteiger partial charge < -0.3 is 10.2 Å². The van der Waals surface area contributed by atoms with Gasteiger partial charge >= 0.3 is 0 Å². The molecule has 1 heterocycles. The maximum Gasteiger partial charge on any atom is 0.251 e. The second-order valence-corrected chi connectivity index (χ2v) is 4.60. The quantitative estimate of drug-likeness (QED) is 0.812. The summed E-state index contributed by atoms with van der Waals surface area (Å²) in [6.45, 7) is 2.36. The van der Waals surface area contributed by atoms with Crippen molar-refractivity contribution in [2.45, 2.75) is 13.3 Å². The molecule has 0 saturated carbocycles. The number of carbonyl (C=O) groups excluding carboxylic acids is 2. The highest BCUT2D eigenvalue weighted by Crippen LogP contribution is 2.29. The van der Waals surface area contributed by atoms with Crippen LogP contribution in [0, 0.1) is 25.2 Å². The Bertz CT molecular complexity index is 572. The molecule has 1 fully saturated rings. The molecule has 2 amide bonds. The van der Waals surface area contributed by atoms with E-state index in [4.69, 9.17) is 6.42 Å². The molecule has 1 atom stereocenters. The summed E-state index contributed by atoms with van der Waals surface area (Å²) < 4.78 is 0. The molecule has 19 heavy (non-hydrogen) atoms. The molecule has 0 aliphatic carbocycles. The average Bonchev–Trinajstić information content (AvgIpc) is 2.79. The lowest BCUT2D eigenvalue weighted by Gasteiger charge is -2.20. The van der Waals surface area contributed by atoms with Gasteiger partial charge in [-0.2, -0.15) is 0 Å². The molecule has 4 nitrogen and oxygen atoms in total. The molecule has 1 aromatic rings. The number of amides is 2. The van der Waals surface area contributed by atoms with Crippen LogP contribution in [0.5, 0.6) is 0 Å². The van der Waals surface area contributed by atoms with Gasteiger partial charge in [-0.1, -0.05) is 6.07 Å². The molecule has 1 aromatic carbocycles. The molecule has 1 aliphatic rings. The normalized spacial score (nSPS) is 18.3. The molecule has 0 spiro atoms. The molecule has 0 aromatic heterocycles. The molecule has 1 N–H and O–H groups in total. The molecule has 0 radical (unpaired) electrons. The van der Waals surface area contributed by atoms with E-state index in [0.717, 1.165) is 11.3 Å². The van der Waals surface area contributed by atoms with Crippen LogP contribution >= 0.6 is 0 Å². The molecule has 4 heteroatoms. The van der Waals surface area contributed by atoms with Crippen molar-refractivity contribution in [2.75, 3.05) is 18.5 Å². The largest absolute Gasteiger partial charge is 0.355 e. The van der Waals surface area contributed by atoms with Gasteiger partial charge in [0.1, 0.15) is 0 Å². The van der Waals surface area contributed by atoms with E-state index in [-0.39, 0.29) is 17.7 Å². The van der Waals surface area contributed by atoms with E-state index in [9.17, 15) is 9.59 Å². The SMILES string of the molecule is C#CC1CC(=O)N(c2cccc(C(=O)NC)c2C)C1. The third-order valence-corrected chi connectivity index (χ3v) is 3.43. The Labute approximate surface area is 112 Å². The first-order valence-corrected chi connectivity index (χ1v) is 6.16. The van der Waals surface area contributed by atoms with Gasteiger partial charge in [0, 0.05) is 37.2 Å². The summed E-state index contributed by atoms with van der Waals surface area (Å²) in [5.74, 6) is 2.44. The molecule has 1 unspecified atom stereocenters. The van der Waals surface area contributed by atoms with Crippen molar-refractivity contribution in [1.29, 1.82) is 0 Å². The van der Waals surface area contributed by atoms with Crippen LogP contribution in [0.2, 0.25) is 0 Å². The zero-order valence-electron chi connectivity index (χ0n) is 11.1. The van der Waals surface area contributed by atoms with Gasteiger partial charge in [0.15, 0.2) is 0 Å². The first-order chi connectivity index (χ1) is 9.08. The van der Waals surface area contributed by atoms with E-state index in [1.54, 1.807) is 24.1 Å². The number of anilines is 1. The Balaban J connectivity index is 2.39. The van der Waals surface area contributed by atoms with Gasteiger partial charge in [-0.05, 0) is 24.6 Å². The van der Waals surface area contributed by atoms with Gasteiger partial charge in [-0.25, -0.2) is 0 Å². The standard InChI is InChI=1S/C15H16N2O2/c1-4-11-8-14(18)17(9-11)13-7-5-6-12(10(13)2)15(19)16-3/h1,5-7,11H,8-9H2,2-3H3,(H,16,19). The van der Waals surface area contributed by atoms with Crippen LogP contribution in [0.25, 0.3) is 0 Å². The fraction of sp³-hybridized carbons (Fsp3) is 0.333. The predicted molar refractivity (Wildman–Crippen MR) is 73.9 cm³/mol. The van der Waals surface area contributed by atoms with Crippen molar-refractivity contribution in [3.05, 3.63) is 29.3 Å². The Kier molecular flexibility index (Phi) is 3.57. The van der Waals surface area contributed by atoms with Gasteiger partial charge in [0.2, 0.25) is 5.91 Å². The van der Waals surface area contributed by atoms with Crippen LogP contribution in [-0.2, 0) is 4.79 Å². The van der Waals surface area contributed by atoms with Crippen molar-refractivity contribution in [1.82, 2.24) is 5.32 Å². The van der Waals surface area contributed by atoms with Gasteiger partial charge in [-0.15, -0.1) is 12.3 Å². The number of terminal acetylenes is 1. The van der Waals surface area contributed by atoms with Crippen molar-refractivity contribution in [3.8, 4) is 12.3 Å². The summed E-state index contributed by atoms with van der Waals surface area (Å²) in [7, 11) is 1.59. The average molecular weight is 256 g/mol. The highest BCUT2D eigenvalue weighted by molar-refractivity contribution is 6.01. The molecule has 98 valence electrons. The van der Waals surface area contributed by atoms with Gasteiger partial charge in [-0.3, -0.25) is 9.59 Å². The maximum atomic E-state index is 12.0. The van der Waals surface area contributed by atoms with E-state index >= 15 is 0 Å². The molecule has 1 aliphatic heterocycles. The molecule has 2 rings (SSSR count). The van der Waals surface area contributed by atoms with E-state index in [0.29, 0.717) is 18.5 Å². The Hall–Kier alpha value is -2.28. The number of nitrogens with zero attached hydrogens (tertiary/aromatic N) is 1. The summed E-state index contributed by atoms with van der Waals surface area (Å²) in [5, 5.41) is 2.60. The molecule has 1 saturated heterocycles. The van der Waals surface area contributed by atoms with Crippen molar-refractivity contribution < 1.29 is 9.59 Å². The lowest BCUT2D eigenvalue weighted by molar-refractivity contribution is -0.117. The minimum atomic E-state index is -0.153. The van der Waals surface area contributed by atoms with E-state index in [2.05, 4.69) is 11.2 Å². The zero-order valence-corrected chi connectivity index (χ0v) is 11.1. The first kappa shape index (κ1) is 13.2. The van der Waals surface area contributed by atoms with E-state index in [1.165, 1.54) is 0 Å². The topological polar surface area (TPSA) is 49.4 Å².